The number of piperidine rings is 1. The number of aromatic nitrogens is 1. The lowest BCUT2D eigenvalue weighted by atomic mass is 9.91. The van der Waals surface area contributed by atoms with Gasteiger partial charge >= 0.3 is 0 Å². The van der Waals surface area contributed by atoms with Crippen molar-refractivity contribution in [2.75, 3.05) is 13.1 Å². The largest absolute Gasteiger partial charge is 0.301 e. The summed E-state index contributed by atoms with van der Waals surface area (Å²) in [7, 11) is 0. The molecule has 2 rings (SSSR count). The number of nitrogens with zero attached hydrogens (tertiary/aromatic N) is 2. The molecule has 1 saturated heterocycles. The van der Waals surface area contributed by atoms with E-state index in [4.69, 9.17) is 0 Å². The zero-order chi connectivity index (χ0) is 13.8. The predicted octanol–water partition coefficient (Wildman–Crippen LogP) is 2.90. The van der Waals surface area contributed by atoms with E-state index in [1.165, 1.54) is 12.6 Å². The maximum absolute atomic E-state index is 12.8. The minimum Gasteiger partial charge on any atom is -0.301 e. The fourth-order valence-electron chi connectivity index (χ4n) is 2.67. The summed E-state index contributed by atoms with van der Waals surface area (Å²) in [5.74, 6) is 0.637. The minimum atomic E-state index is -0.313. The first-order valence-electron chi connectivity index (χ1n) is 6.90. The van der Waals surface area contributed by atoms with Crippen LogP contribution in [0.4, 0.5) is 4.39 Å². The number of likely N-dealkylation sites (tertiary alicyclic amines) is 1. The zero-order valence-electron chi connectivity index (χ0n) is 11.6. The summed E-state index contributed by atoms with van der Waals surface area (Å²) in [6.45, 7) is 6.54. The van der Waals surface area contributed by atoms with Gasteiger partial charge in [0.15, 0.2) is 5.13 Å². The SMILES string of the molecule is CC(C)N1CCC[C@@H](CC(=O)Cc2ncc(F)s2)C1. The van der Waals surface area contributed by atoms with Crippen LogP contribution >= 0.6 is 11.3 Å². The van der Waals surface area contributed by atoms with E-state index in [-0.39, 0.29) is 17.3 Å². The number of carbonyl (C=O) groups excluding carboxylic acids is 1. The number of halogens is 1. The molecule has 1 atom stereocenters. The van der Waals surface area contributed by atoms with Crippen molar-refractivity contribution in [3.63, 3.8) is 0 Å². The summed E-state index contributed by atoms with van der Waals surface area (Å²) >= 11 is 0.975. The topological polar surface area (TPSA) is 33.2 Å². The Morgan fingerprint density at radius 1 is 1.63 bits per heavy atom. The molecule has 0 aliphatic carbocycles. The van der Waals surface area contributed by atoms with Crippen LogP contribution in [-0.2, 0) is 11.2 Å². The van der Waals surface area contributed by atoms with Crippen LogP contribution in [0.1, 0.15) is 38.1 Å². The van der Waals surface area contributed by atoms with Gasteiger partial charge in [0.25, 0.3) is 0 Å². The molecule has 1 aromatic rings. The van der Waals surface area contributed by atoms with Gasteiger partial charge in [0, 0.05) is 19.0 Å². The van der Waals surface area contributed by atoms with E-state index >= 15 is 0 Å². The van der Waals surface area contributed by atoms with Crippen molar-refractivity contribution in [3.8, 4) is 0 Å². The highest BCUT2D eigenvalue weighted by atomic mass is 32.1. The Balaban J connectivity index is 1.81. The second-order valence-electron chi connectivity index (χ2n) is 5.57. The third-order valence-corrected chi connectivity index (χ3v) is 4.46. The summed E-state index contributed by atoms with van der Waals surface area (Å²) < 4.78 is 12.8. The lowest BCUT2D eigenvalue weighted by molar-refractivity contribution is -0.119. The Bertz CT molecular complexity index is 433. The molecule has 19 heavy (non-hydrogen) atoms. The van der Waals surface area contributed by atoms with Crippen LogP contribution in [-0.4, -0.2) is 34.8 Å². The Hall–Kier alpha value is -0.810. The number of hydrogen-bond acceptors (Lipinski definition) is 4. The second kappa shape index (κ2) is 6.57. The van der Waals surface area contributed by atoms with Crippen molar-refractivity contribution >= 4 is 17.1 Å². The number of Topliss-reactive ketones (excluding diaryl/α,β-unsaturated/α-hetero) is 1. The van der Waals surface area contributed by atoms with E-state index in [1.807, 2.05) is 0 Å². The first-order chi connectivity index (χ1) is 9.04. The molecule has 1 fully saturated rings. The van der Waals surface area contributed by atoms with Gasteiger partial charge in [-0.2, -0.15) is 4.39 Å². The monoisotopic (exact) mass is 284 g/mol. The van der Waals surface area contributed by atoms with E-state index in [9.17, 15) is 9.18 Å². The quantitative estimate of drug-likeness (QED) is 0.833. The molecule has 0 amide bonds. The van der Waals surface area contributed by atoms with Gasteiger partial charge < -0.3 is 4.90 Å². The highest BCUT2D eigenvalue weighted by Gasteiger charge is 2.23. The van der Waals surface area contributed by atoms with Crippen LogP contribution in [0.25, 0.3) is 0 Å². The van der Waals surface area contributed by atoms with Gasteiger partial charge in [-0.15, -0.1) is 0 Å². The molecule has 0 saturated carbocycles. The van der Waals surface area contributed by atoms with Gasteiger partial charge in [-0.3, -0.25) is 4.79 Å². The maximum Gasteiger partial charge on any atom is 0.196 e. The molecule has 106 valence electrons. The maximum atomic E-state index is 12.8. The molecular weight excluding hydrogens is 263 g/mol. The molecule has 0 N–H and O–H groups in total. The molecule has 3 nitrogen and oxygen atoms in total. The Morgan fingerprint density at radius 2 is 2.42 bits per heavy atom. The van der Waals surface area contributed by atoms with Crippen LogP contribution in [0.15, 0.2) is 6.20 Å². The van der Waals surface area contributed by atoms with Crippen LogP contribution in [0.2, 0.25) is 0 Å². The molecule has 1 aromatic heterocycles. The number of ketones is 1. The average Bonchev–Trinajstić information content (AvgIpc) is 2.74. The minimum absolute atomic E-state index is 0.185. The van der Waals surface area contributed by atoms with Crippen LogP contribution in [0.5, 0.6) is 0 Å². The van der Waals surface area contributed by atoms with E-state index < -0.39 is 0 Å². The summed E-state index contributed by atoms with van der Waals surface area (Å²) in [4.78, 5) is 18.3. The van der Waals surface area contributed by atoms with Crippen LogP contribution < -0.4 is 0 Å². The molecule has 5 heteroatoms. The highest BCUT2D eigenvalue weighted by molar-refractivity contribution is 7.10. The lowest BCUT2D eigenvalue weighted by Crippen LogP contribution is -2.40. The van der Waals surface area contributed by atoms with Crippen molar-refractivity contribution < 1.29 is 9.18 Å². The smallest absolute Gasteiger partial charge is 0.196 e. The summed E-state index contributed by atoms with van der Waals surface area (Å²) in [5, 5.41) is 0.283. The number of hydrogen-bond donors (Lipinski definition) is 0. The molecule has 0 bridgehead atoms. The third-order valence-electron chi connectivity index (χ3n) is 3.67. The first-order valence-corrected chi connectivity index (χ1v) is 7.72. The van der Waals surface area contributed by atoms with Gasteiger partial charge in [-0.05, 0) is 39.2 Å². The fourth-order valence-corrected chi connectivity index (χ4v) is 3.33. The average molecular weight is 284 g/mol. The lowest BCUT2D eigenvalue weighted by Gasteiger charge is -2.35. The standard InChI is InChI=1S/C14H21FN2OS/c1-10(2)17-5-3-4-11(9-17)6-12(18)7-14-16-8-13(15)19-14/h8,10-11H,3-7,9H2,1-2H3/t11-/m0/s1. The first kappa shape index (κ1) is 14.6. The van der Waals surface area contributed by atoms with Gasteiger partial charge in [0.1, 0.15) is 10.8 Å². The molecule has 1 aliphatic rings. The van der Waals surface area contributed by atoms with Crippen molar-refractivity contribution in [2.24, 2.45) is 5.92 Å². The number of carbonyl (C=O) groups is 1. The Labute approximate surface area is 117 Å². The van der Waals surface area contributed by atoms with Crippen LogP contribution in [0.3, 0.4) is 0 Å². The van der Waals surface area contributed by atoms with Gasteiger partial charge in [-0.25, -0.2) is 4.98 Å². The third kappa shape index (κ3) is 4.35. The van der Waals surface area contributed by atoms with E-state index in [0.717, 1.165) is 30.8 Å². The van der Waals surface area contributed by atoms with Crippen molar-refractivity contribution in [1.29, 1.82) is 0 Å². The summed E-state index contributed by atoms with van der Waals surface area (Å²) in [6.07, 6.45) is 4.37. The summed E-state index contributed by atoms with van der Waals surface area (Å²) in [5.41, 5.74) is 0. The highest BCUT2D eigenvalue weighted by Crippen LogP contribution is 2.22. The van der Waals surface area contributed by atoms with Gasteiger partial charge in [0.05, 0.1) is 12.6 Å². The Morgan fingerprint density at radius 3 is 3.05 bits per heavy atom. The van der Waals surface area contributed by atoms with Gasteiger partial charge in [0.2, 0.25) is 0 Å². The van der Waals surface area contributed by atoms with E-state index in [1.54, 1.807) is 0 Å². The van der Waals surface area contributed by atoms with Crippen LogP contribution in [0, 0.1) is 11.0 Å². The van der Waals surface area contributed by atoms with Gasteiger partial charge in [-0.1, -0.05) is 11.3 Å². The van der Waals surface area contributed by atoms with Crippen molar-refractivity contribution in [3.05, 3.63) is 16.3 Å². The molecule has 1 aliphatic heterocycles. The second-order valence-corrected chi connectivity index (χ2v) is 6.64. The molecule has 0 aromatic carbocycles. The molecule has 0 unspecified atom stereocenters. The number of rotatable bonds is 5. The zero-order valence-corrected chi connectivity index (χ0v) is 12.4. The molecule has 0 spiro atoms. The van der Waals surface area contributed by atoms with Crippen molar-refractivity contribution in [2.45, 2.75) is 45.6 Å². The number of thiazole rings is 1. The molecule has 2 heterocycles. The predicted molar refractivity (Wildman–Crippen MR) is 74.8 cm³/mol. The molecular formula is C14H21FN2OS. The normalized spacial score (nSPS) is 20.9. The summed E-state index contributed by atoms with van der Waals surface area (Å²) in [6, 6.07) is 0.547. The fraction of sp³-hybridized carbons (Fsp3) is 0.714. The van der Waals surface area contributed by atoms with E-state index in [2.05, 4.69) is 23.7 Å². The van der Waals surface area contributed by atoms with Crippen molar-refractivity contribution in [1.82, 2.24) is 9.88 Å². The Kier molecular flexibility index (Phi) is 5.05. The molecule has 0 radical (unpaired) electrons. The van der Waals surface area contributed by atoms with E-state index in [0.29, 0.717) is 23.4 Å².